The van der Waals surface area contributed by atoms with E-state index in [4.69, 9.17) is 9.47 Å². The van der Waals surface area contributed by atoms with Crippen LogP contribution in [-0.4, -0.2) is 43.4 Å². The largest absolute Gasteiger partial charge is 0.447 e. The number of carbonyl (C=O) groups is 1. The van der Waals surface area contributed by atoms with Gasteiger partial charge in [0.1, 0.15) is 6.61 Å². The van der Waals surface area contributed by atoms with Crippen molar-refractivity contribution in [2.75, 3.05) is 26.9 Å². The molecule has 0 aromatic rings. The maximum Gasteiger partial charge on any atom is 0.410 e. The lowest BCUT2D eigenvalue weighted by Crippen LogP contribution is -2.53. The Labute approximate surface area is 104 Å². The van der Waals surface area contributed by atoms with Gasteiger partial charge in [0.25, 0.3) is 0 Å². The van der Waals surface area contributed by atoms with Gasteiger partial charge in [-0.25, -0.2) is 4.79 Å². The van der Waals surface area contributed by atoms with E-state index in [1.807, 2.05) is 4.90 Å². The standard InChI is InChI=1S/C13H25NO3/c1-12(2,3)13(4)7-6-8-14(13)11(15)17-10-9-16-5/h6-10H2,1-5H3/t13-/m0/s1. The molecule has 0 aromatic carbocycles. The Morgan fingerprint density at radius 1 is 1.35 bits per heavy atom. The van der Waals surface area contributed by atoms with E-state index in [0.29, 0.717) is 13.2 Å². The summed E-state index contributed by atoms with van der Waals surface area (Å²) in [5, 5.41) is 0. The lowest BCUT2D eigenvalue weighted by Gasteiger charge is -2.45. The number of hydrogen-bond acceptors (Lipinski definition) is 3. The van der Waals surface area contributed by atoms with E-state index in [9.17, 15) is 4.79 Å². The lowest BCUT2D eigenvalue weighted by atomic mass is 9.73. The quantitative estimate of drug-likeness (QED) is 0.715. The third kappa shape index (κ3) is 2.92. The van der Waals surface area contributed by atoms with Gasteiger partial charge in [-0.1, -0.05) is 20.8 Å². The predicted molar refractivity (Wildman–Crippen MR) is 67.0 cm³/mol. The van der Waals surface area contributed by atoms with Crippen molar-refractivity contribution in [3.63, 3.8) is 0 Å². The second-order valence-electron chi connectivity index (χ2n) is 5.89. The number of methoxy groups -OCH3 is 1. The van der Waals surface area contributed by atoms with Gasteiger partial charge in [-0.2, -0.15) is 0 Å². The van der Waals surface area contributed by atoms with Crippen molar-refractivity contribution in [2.45, 2.75) is 46.1 Å². The Hall–Kier alpha value is -0.770. The highest BCUT2D eigenvalue weighted by Crippen LogP contribution is 2.43. The molecule has 4 nitrogen and oxygen atoms in total. The highest BCUT2D eigenvalue weighted by molar-refractivity contribution is 5.69. The lowest BCUT2D eigenvalue weighted by molar-refractivity contribution is 0.0176. The number of carbonyl (C=O) groups excluding carboxylic acids is 1. The number of nitrogens with zero attached hydrogens (tertiary/aromatic N) is 1. The fraction of sp³-hybridized carbons (Fsp3) is 0.923. The van der Waals surface area contributed by atoms with Gasteiger partial charge in [0.2, 0.25) is 0 Å². The van der Waals surface area contributed by atoms with Crippen LogP contribution in [0.4, 0.5) is 4.79 Å². The first-order chi connectivity index (χ1) is 7.83. The first-order valence-electron chi connectivity index (χ1n) is 6.26. The zero-order valence-electron chi connectivity index (χ0n) is 11.7. The highest BCUT2D eigenvalue weighted by Gasteiger charge is 2.48. The minimum Gasteiger partial charge on any atom is -0.447 e. The van der Waals surface area contributed by atoms with E-state index in [-0.39, 0.29) is 17.0 Å². The summed E-state index contributed by atoms with van der Waals surface area (Å²) < 4.78 is 10.1. The predicted octanol–water partition coefficient (Wildman–Crippen LogP) is 2.67. The third-order valence-corrected chi connectivity index (χ3v) is 3.99. The van der Waals surface area contributed by atoms with E-state index < -0.39 is 0 Å². The summed E-state index contributed by atoms with van der Waals surface area (Å²) in [4.78, 5) is 13.9. The van der Waals surface area contributed by atoms with Crippen molar-refractivity contribution >= 4 is 6.09 Å². The van der Waals surface area contributed by atoms with Crippen LogP contribution in [0.5, 0.6) is 0 Å². The smallest absolute Gasteiger partial charge is 0.410 e. The Balaban J connectivity index is 2.66. The molecule has 0 aliphatic carbocycles. The topological polar surface area (TPSA) is 38.8 Å². The van der Waals surface area contributed by atoms with Crippen molar-refractivity contribution in [3.8, 4) is 0 Å². The number of likely N-dealkylation sites (tertiary alicyclic amines) is 1. The van der Waals surface area contributed by atoms with Crippen LogP contribution in [0.25, 0.3) is 0 Å². The molecule has 0 spiro atoms. The molecule has 0 unspecified atom stereocenters. The zero-order chi connectivity index (χ0) is 13.1. The molecule has 1 aliphatic heterocycles. The first kappa shape index (κ1) is 14.3. The fourth-order valence-electron chi connectivity index (χ4n) is 2.33. The molecular weight excluding hydrogens is 218 g/mol. The summed E-state index contributed by atoms with van der Waals surface area (Å²) in [5.41, 5.74) is -0.0546. The van der Waals surface area contributed by atoms with Gasteiger partial charge in [-0.05, 0) is 25.2 Å². The van der Waals surface area contributed by atoms with Gasteiger partial charge < -0.3 is 14.4 Å². The van der Waals surface area contributed by atoms with Crippen molar-refractivity contribution in [3.05, 3.63) is 0 Å². The number of hydrogen-bond donors (Lipinski definition) is 0. The Bertz CT molecular complexity index is 272. The van der Waals surface area contributed by atoms with Crippen LogP contribution < -0.4 is 0 Å². The van der Waals surface area contributed by atoms with Crippen LogP contribution in [0, 0.1) is 5.41 Å². The van der Waals surface area contributed by atoms with Gasteiger partial charge in [0.15, 0.2) is 0 Å². The number of amides is 1. The van der Waals surface area contributed by atoms with E-state index in [2.05, 4.69) is 27.7 Å². The molecule has 4 heteroatoms. The van der Waals surface area contributed by atoms with Gasteiger partial charge in [0.05, 0.1) is 6.61 Å². The summed E-state index contributed by atoms with van der Waals surface area (Å²) in [5.74, 6) is 0. The van der Waals surface area contributed by atoms with Gasteiger partial charge in [-0.15, -0.1) is 0 Å². The molecule has 0 aromatic heterocycles. The number of ether oxygens (including phenoxy) is 2. The van der Waals surface area contributed by atoms with Crippen LogP contribution in [0.2, 0.25) is 0 Å². The monoisotopic (exact) mass is 243 g/mol. The van der Waals surface area contributed by atoms with Crippen molar-refractivity contribution in [1.82, 2.24) is 4.90 Å². The zero-order valence-corrected chi connectivity index (χ0v) is 11.7. The van der Waals surface area contributed by atoms with Gasteiger partial charge in [0, 0.05) is 19.2 Å². The van der Waals surface area contributed by atoms with Crippen LogP contribution in [0.3, 0.4) is 0 Å². The second kappa shape index (κ2) is 5.25. The number of rotatable bonds is 3. The van der Waals surface area contributed by atoms with Crippen LogP contribution in [0.1, 0.15) is 40.5 Å². The summed E-state index contributed by atoms with van der Waals surface area (Å²) in [6, 6.07) is 0. The van der Waals surface area contributed by atoms with E-state index >= 15 is 0 Å². The molecule has 17 heavy (non-hydrogen) atoms. The van der Waals surface area contributed by atoms with E-state index in [0.717, 1.165) is 19.4 Å². The van der Waals surface area contributed by atoms with Crippen LogP contribution in [-0.2, 0) is 9.47 Å². The van der Waals surface area contributed by atoms with Crippen molar-refractivity contribution < 1.29 is 14.3 Å². The van der Waals surface area contributed by atoms with Crippen molar-refractivity contribution in [1.29, 1.82) is 0 Å². The van der Waals surface area contributed by atoms with Gasteiger partial charge in [-0.3, -0.25) is 0 Å². The molecule has 1 heterocycles. The third-order valence-electron chi connectivity index (χ3n) is 3.99. The summed E-state index contributed by atoms with van der Waals surface area (Å²) in [6.45, 7) is 10.2. The molecule has 0 radical (unpaired) electrons. The minimum atomic E-state index is -0.211. The second-order valence-corrected chi connectivity index (χ2v) is 5.89. The van der Waals surface area contributed by atoms with Crippen LogP contribution in [0.15, 0.2) is 0 Å². The maximum atomic E-state index is 12.0. The molecular formula is C13H25NO3. The normalized spacial score (nSPS) is 25.1. The average Bonchev–Trinajstić information content (AvgIpc) is 2.61. The molecule has 1 amide bonds. The molecule has 0 N–H and O–H groups in total. The molecule has 1 rings (SSSR count). The molecule has 0 bridgehead atoms. The average molecular weight is 243 g/mol. The van der Waals surface area contributed by atoms with E-state index in [1.165, 1.54) is 0 Å². The SMILES string of the molecule is COCCOC(=O)N1CCC[C@@]1(C)C(C)(C)C. The van der Waals surface area contributed by atoms with Crippen LogP contribution >= 0.6 is 0 Å². The molecule has 1 fully saturated rings. The Morgan fingerprint density at radius 2 is 2.00 bits per heavy atom. The molecule has 1 saturated heterocycles. The minimum absolute atomic E-state index is 0.0593. The molecule has 1 aliphatic rings. The Morgan fingerprint density at radius 3 is 2.53 bits per heavy atom. The van der Waals surface area contributed by atoms with E-state index in [1.54, 1.807) is 7.11 Å². The first-order valence-corrected chi connectivity index (χ1v) is 6.26. The summed E-state index contributed by atoms with van der Waals surface area (Å²) in [6.07, 6.45) is 1.88. The summed E-state index contributed by atoms with van der Waals surface area (Å²) in [7, 11) is 1.60. The Kier molecular flexibility index (Phi) is 4.42. The fourth-order valence-corrected chi connectivity index (χ4v) is 2.33. The maximum absolute atomic E-state index is 12.0. The molecule has 1 atom stereocenters. The highest BCUT2D eigenvalue weighted by atomic mass is 16.6. The van der Waals surface area contributed by atoms with Crippen molar-refractivity contribution in [2.24, 2.45) is 5.41 Å². The summed E-state index contributed by atoms with van der Waals surface area (Å²) >= 11 is 0. The molecule has 0 saturated carbocycles. The van der Waals surface area contributed by atoms with Gasteiger partial charge >= 0.3 is 6.09 Å². The molecule has 100 valence electrons.